The van der Waals surface area contributed by atoms with Crippen molar-refractivity contribution < 1.29 is 0 Å². The number of pyridine rings is 2. The van der Waals surface area contributed by atoms with Gasteiger partial charge in [-0.3, -0.25) is 9.97 Å². The lowest BCUT2D eigenvalue weighted by atomic mass is 9.62. The summed E-state index contributed by atoms with van der Waals surface area (Å²) in [5.41, 5.74) is 13.1. The number of hydrogen-bond acceptors (Lipinski definition) is 2. The van der Waals surface area contributed by atoms with Gasteiger partial charge < -0.3 is 0 Å². The van der Waals surface area contributed by atoms with Gasteiger partial charge in [-0.2, -0.15) is 0 Å². The van der Waals surface area contributed by atoms with Crippen LogP contribution in [-0.4, -0.2) is 9.97 Å². The molecule has 0 saturated heterocycles. The minimum atomic E-state index is -0.662. The molecule has 0 aliphatic heterocycles. The Balaban J connectivity index is 1.56. The van der Waals surface area contributed by atoms with Gasteiger partial charge in [0.05, 0.1) is 22.8 Å². The van der Waals surface area contributed by atoms with Crippen molar-refractivity contribution in [3.8, 4) is 22.5 Å². The first-order valence-electron chi connectivity index (χ1n) is 13.9. The molecule has 2 heteroatoms. The van der Waals surface area contributed by atoms with Crippen molar-refractivity contribution in [2.24, 2.45) is 0 Å². The molecule has 192 valence electrons. The topological polar surface area (TPSA) is 25.8 Å². The molecule has 1 aliphatic carbocycles. The zero-order valence-corrected chi connectivity index (χ0v) is 22.8. The second kappa shape index (κ2) is 9.73. The lowest BCUT2D eigenvalue weighted by Gasteiger charge is -2.40. The third kappa shape index (κ3) is 3.96. The van der Waals surface area contributed by atoms with E-state index in [0.717, 1.165) is 40.3 Å². The standard InChI is InChI=1S/C38H30N2/c1-26-11-7-15-30(23-26)34-19-9-21-36(39-34)38(37-22-10-20-35(40-37)31-16-8-12-27(2)24-31)32-17-5-3-13-28(32)25-29-14-4-6-18-33(29)38/h3-24H,25H2,1-2H3. The van der Waals surface area contributed by atoms with Gasteiger partial charge >= 0.3 is 0 Å². The van der Waals surface area contributed by atoms with Crippen LogP contribution in [0.5, 0.6) is 0 Å². The van der Waals surface area contributed by atoms with Crippen LogP contribution in [0.2, 0.25) is 0 Å². The predicted molar refractivity (Wildman–Crippen MR) is 163 cm³/mol. The van der Waals surface area contributed by atoms with E-state index in [1.807, 2.05) is 0 Å². The fourth-order valence-electron chi connectivity index (χ4n) is 6.33. The van der Waals surface area contributed by atoms with Crippen molar-refractivity contribution in [1.82, 2.24) is 9.97 Å². The van der Waals surface area contributed by atoms with E-state index in [1.54, 1.807) is 0 Å². The number of hydrogen-bond donors (Lipinski definition) is 0. The summed E-state index contributed by atoms with van der Waals surface area (Å²) >= 11 is 0. The molecule has 0 fully saturated rings. The highest BCUT2D eigenvalue weighted by Crippen LogP contribution is 2.50. The zero-order chi connectivity index (χ0) is 27.1. The second-order valence-corrected chi connectivity index (χ2v) is 10.8. The third-order valence-electron chi connectivity index (χ3n) is 8.12. The third-order valence-corrected chi connectivity index (χ3v) is 8.12. The van der Waals surface area contributed by atoms with Gasteiger partial charge in [-0.25, -0.2) is 0 Å². The van der Waals surface area contributed by atoms with Gasteiger partial charge in [-0.15, -0.1) is 0 Å². The van der Waals surface area contributed by atoms with Gasteiger partial charge in [-0.05, 0) is 78.9 Å². The molecule has 2 aromatic heterocycles. The predicted octanol–water partition coefficient (Wildman–Crippen LogP) is 8.71. The average Bonchev–Trinajstić information content (AvgIpc) is 3.00. The molecule has 0 spiro atoms. The van der Waals surface area contributed by atoms with Gasteiger partial charge in [0.2, 0.25) is 0 Å². The molecular weight excluding hydrogens is 484 g/mol. The Kier molecular flexibility index (Phi) is 5.90. The summed E-state index contributed by atoms with van der Waals surface area (Å²) in [5.74, 6) is 0. The fourth-order valence-corrected chi connectivity index (χ4v) is 6.33. The molecule has 7 rings (SSSR count). The number of benzene rings is 4. The first-order chi connectivity index (χ1) is 19.6. The molecule has 0 N–H and O–H groups in total. The highest BCUT2D eigenvalue weighted by atomic mass is 14.8. The van der Waals surface area contributed by atoms with E-state index >= 15 is 0 Å². The van der Waals surface area contributed by atoms with Crippen molar-refractivity contribution in [2.45, 2.75) is 25.7 Å². The van der Waals surface area contributed by atoms with Crippen LogP contribution in [0.1, 0.15) is 44.8 Å². The van der Waals surface area contributed by atoms with E-state index in [2.05, 4.69) is 147 Å². The van der Waals surface area contributed by atoms with Crippen LogP contribution in [0.4, 0.5) is 0 Å². The van der Waals surface area contributed by atoms with Crippen LogP contribution in [0.15, 0.2) is 133 Å². The van der Waals surface area contributed by atoms with Crippen LogP contribution >= 0.6 is 0 Å². The van der Waals surface area contributed by atoms with Crippen molar-refractivity contribution in [1.29, 1.82) is 0 Å². The Morgan fingerprint density at radius 3 is 1.40 bits per heavy atom. The molecule has 40 heavy (non-hydrogen) atoms. The Labute approximate surface area is 236 Å². The Morgan fingerprint density at radius 2 is 0.925 bits per heavy atom. The van der Waals surface area contributed by atoms with Crippen molar-refractivity contribution in [3.63, 3.8) is 0 Å². The summed E-state index contributed by atoms with van der Waals surface area (Å²) in [6, 6.07) is 47.7. The average molecular weight is 515 g/mol. The maximum atomic E-state index is 5.43. The number of nitrogens with zero attached hydrogens (tertiary/aromatic N) is 2. The first kappa shape index (κ1) is 24.2. The lowest BCUT2D eigenvalue weighted by Crippen LogP contribution is -2.37. The van der Waals surface area contributed by atoms with E-state index in [-0.39, 0.29) is 0 Å². The molecule has 0 bridgehead atoms. The summed E-state index contributed by atoms with van der Waals surface area (Å²) in [4.78, 5) is 10.9. The van der Waals surface area contributed by atoms with Crippen LogP contribution < -0.4 is 0 Å². The summed E-state index contributed by atoms with van der Waals surface area (Å²) in [6.07, 6.45) is 0.892. The lowest BCUT2D eigenvalue weighted by molar-refractivity contribution is 0.657. The normalized spacial score (nSPS) is 13.3. The first-order valence-corrected chi connectivity index (χ1v) is 13.9. The molecule has 4 aromatic carbocycles. The van der Waals surface area contributed by atoms with Gasteiger partial charge in [0.1, 0.15) is 5.41 Å². The molecule has 0 saturated carbocycles. The minimum absolute atomic E-state index is 0.662. The van der Waals surface area contributed by atoms with Gasteiger partial charge in [0.25, 0.3) is 0 Å². The molecule has 1 aliphatic rings. The van der Waals surface area contributed by atoms with Gasteiger partial charge in [0, 0.05) is 11.1 Å². The molecule has 0 unspecified atom stereocenters. The fraction of sp³-hybridized carbons (Fsp3) is 0.105. The molecule has 0 atom stereocenters. The Morgan fingerprint density at radius 1 is 0.475 bits per heavy atom. The summed E-state index contributed by atoms with van der Waals surface area (Å²) in [5, 5.41) is 0. The molecule has 0 radical (unpaired) electrons. The molecule has 0 amide bonds. The summed E-state index contributed by atoms with van der Waals surface area (Å²) in [6.45, 7) is 4.26. The maximum absolute atomic E-state index is 5.43. The summed E-state index contributed by atoms with van der Waals surface area (Å²) in [7, 11) is 0. The van der Waals surface area contributed by atoms with E-state index in [0.29, 0.717) is 0 Å². The second-order valence-electron chi connectivity index (χ2n) is 10.8. The molecular formula is C38H30N2. The largest absolute Gasteiger partial charge is 0.251 e. The van der Waals surface area contributed by atoms with Gasteiger partial charge in [0.15, 0.2) is 0 Å². The zero-order valence-electron chi connectivity index (χ0n) is 22.8. The SMILES string of the molecule is Cc1cccc(-c2cccc(C3(c4cccc(-c5cccc(C)c5)n4)c4ccccc4Cc4ccccc43)n2)c1. The van der Waals surface area contributed by atoms with Crippen LogP contribution in [0.3, 0.4) is 0 Å². The molecule has 6 aromatic rings. The smallest absolute Gasteiger partial charge is 0.105 e. The molecule has 2 nitrogen and oxygen atoms in total. The highest BCUT2D eigenvalue weighted by molar-refractivity contribution is 5.68. The molecule has 2 heterocycles. The quantitative estimate of drug-likeness (QED) is 0.235. The minimum Gasteiger partial charge on any atom is -0.251 e. The van der Waals surface area contributed by atoms with E-state index < -0.39 is 5.41 Å². The van der Waals surface area contributed by atoms with Crippen LogP contribution in [-0.2, 0) is 11.8 Å². The Bertz CT molecular complexity index is 1730. The van der Waals surface area contributed by atoms with E-state index in [9.17, 15) is 0 Å². The number of aryl methyl sites for hydroxylation is 2. The monoisotopic (exact) mass is 514 g/mol. The van der Waals surface area contributed by atoms with E-state index in [1.165, 1.54) is 33.4 Å². The van der Waals surface area contributed by atoms with Crippen LogP contribution in [0.25, 0.3) is 22.5 Å². The van der Waals surface area contributed by atoms with Gasteiger partial charge in [-0.1, -0.05) is 108 Å². The summed E-state index contributed by atoms with van der Waals surface area (Å²) < 4.78 is 0. The van der Waals surface area contributed by atoms with Crippen LogP contribution in [0, 0.1) is 13.8 Å². The number of aromatic nitrogens is 2. The number of fused-ring (bicyclic) bond motifs is 2. The van der Waals surface area contributed by atoms with Crippen molar-refractivity contribution >= 4 is 0 Å². The van der Waals surface area contributed by atoms with E-state index in [4.69, 9.17) is 9.97 Å². The Hall–Kier alpha value is -4.82. The number of rotatable bonds is 4. The van der Waals surface area contributed by atoms with Crippen molar-refractivity contribution in [2.75, 3.05) is 0 Å². The van der Waals surface area contributed by atoms with Crippen molar-refractivity contribution in [3.05, 3.63) is 178 Å². The maximum Gasteiger partial charge on any atom is 0.105 e. The highest BCUT2D eigenvalue weighted by Gasteiger charge is 2.46.